The van der Waals surface area contributed by atoms with Crippen LogP contribution in [0.1, 0.15) is 35.2 Å². The Bertz CT molecular complexity index is 1120. The molecule has 1 aliphatic carbocycles. The molecule has 1 saturated heterocycles. The summed E-state index contributed by atoms with van der Waals surface area (Å²) in [7, 11) is 0. The number of allylic oxidation sites excluding steroid dienone is 3. The average Bonchev–Trinajstić information content (AvgIpc) is 2.96. The van der Waals surface area contributed by atoms with Gasteiger partial charge in [-0.25, -0.2) is 5.01 Å². The number of carbonyl (C=O) groups excluding carboxylic acids is 1. The van der Waals surface area contributed by atoms with Gasteiger partial charge in [-0.2, -0.15) is 0 Å². The van der Waals surface area contributed by atoms with Crippen LogP contribution in [0.25, 0.3) is 0 Å². The molecule has 2 atom stereocenters. The topological polar surface area (TPSA) is 44.7 Å². The molecular weight excluding hydrogens is 461 g/mol. The summed E-state index contributed by atoms with van der Waals surface area (Å²) in [6.45, 7) is 1.79. The lowest BCUT2D eigenvalue weighted by molar-refractivity contribution is 0.0750. The number of benzene rings is 2. The maximum atomic E-state index is 12.9. The molecule has 0 spiro atoms. The molecule has 0 aromatic heterocycles. The molecule has 2 aromatic carbocycles. The van der Waals surface area contributed by atoms with E-state index in [4.69, 9.17) is 28.2 Å². The Labute approximate surface area is 202 Å². The fourth-order valence-electron chi connectivity index (χ4n) is 4.26. The lowest BCUT2D eigenvalue weighted by Crippen LogP contribution is -2.45. The predicted octanol–water partition coefficient (Wildman–Crippen LogP) is 6.37. The van der Waals surface area contributed by atoms with Crippen molar-refractivity contribution in [2.45, 2.75) is 29.4 Å². The summed E-state index contributed by atoms with van der Waals surface area (Å²) in [6, 6.07) is 13.5. The first kappa shape index (κ1) is 21.8. The molecule has 2 unspecified atom stereocenters. The molecule has 4 nitrogen and oxygen atoms in total. The van der Waals surface area contributed by atoms with Gasteiger partial charge in [0.2, 0.25) is 0 Å². The first-order valence-corrected chi connectivity index (χ1v) is 12.5. The van der Waals surface area contributed by atoms with Crippen LogP contribution in [0, 0.1) is 5.92 Å². The van der Waals surface area contributed by atoms with Crippen LogP contribution in [0.5, 0.6) is 0 Å². The third kappa shape index (κ3) is 4.67. The van der Waals surface area contributed by atoms with Crippen LogP contribution < -0.4 is 5.43 Å². The SMILES string of the molecule is O=C(NN1CCCCC1)c1ccc2c(c1)N=C(c1ccc(Cl)cc1)C1C=CC(Cl)=CC1S2. The molecule has 0 bridgehead atoms. The Balaban J connectivity index is 1.52. The number of hydrogen-bond acceptors (Lipinski definition) is 4. The molecule has 5 rings (SSSR count). The first-order chi connectivity index (χ1) is 15.6. The van der Waals surface area contributed by atoms with Crippen LogP contribution in [-0.4, -0.2) is 35.0 Å². The fraction of sp³-hybridized carbons (Fsp3) is 0.280. The minimum atomic E-state index is -0.0903. The van der Waals surface area contributed by atoms with Crippen molar-refractivity contribution < 1.29 is 4.79 Å². The van der Waals surface area contributed by atoms with Crippen LogP contribution in [0.2, 0.25) is 5.02 Å². The summed E-state index contributed by atoms with van der Waals surface area (Å²) in [5.41, 5.74) is 6.43. The molecule has 1 fully saturated rings. The molecule has 1 amide bonds. The number of nitrogens with one attached hydrogen (secondary N) is 1. The number of rotatable bonds is 3. The maximum absolute atomic E-state index is 12.9. The normalized spacial score (nSPS) is 22.8. The first-order valence-electron chi connectivity index (χ1n) is 10.8. The van der Waals surface area contributed by atoms with E-state index >= 15 is 0 Å². The van der Waals surface area contributed by atoms with Crippen molar-refractivity contribution >= 4 is 52.3 Å². The Kier molecular flexibility index (Phi) is 6.42. The number of halogens is 2. The molecule has 3 aliphatic rings. The fourth-order valence-corrected chi connectivity index (χ4v) is 5.92. The van der Waals surface area contributed by atoms with Crippen LogP contribution in [0.4, 0.5) is 5.69 Å². The Morgan fingerprint density at radius 3 is 2.62 bits per heavy atom. The molecule has 0 saturated carbocycles. The van der Waals surface area contributed by atoms with Crippen molar-refractivity contribution in [3.05, 3.63) is 81.9 Å². The Morgan fingerprint density at radius 1 is 1.06 bits per heavy atom. The number of hydrazine groups is 1. The summed E-state index contributed by atoms with van der Waals surface area (Å²) in [6.07, 6.45) is 9.57. The number of fused-ring (bicyclic) bond motifs is 2. The molecule has 2 heterocycles. The van der Waals surface area contributed by atoms with Crippen molar-refractivity contribution in [2.75, 3.05) is 13.1 Å². The quantitative estimate of drug-likeness (QED) is 0.550. The minimum Gasteiger partial charge on any atom is -0.285 e. The summed E-state index contributed by atoms with van der Waals surface area (Å²) in [4.78, 5) is 19.0. The minimum absolute atomic E-state index is 0.0710. The number of aliphatic imine (C=N–C) groups is 1. The highest BCUT2D eigenvalue weighted by Gasteiger charge is 2.31. The van der Waals surface area contributed by atoms with Crippen LogP contribution in [0.3, 0.4) is 0 Å². The van der Waals surface area contributed by atoms with Crippen LogP contribution in [-0.2, 0) is 0 Å². The highest BCUT2D eigenvalue weighted by atomic mass is 35.5. The van der Waals surface area contributed by atoms with Crippen molar-refractivity contribution in [3.63, 3.8) is 0 Å². The van der Waals surface area contributed by atoms with E-state index in [0.717, 1.165) is 52.8 Å². The average molecular weight is 484 g/mol. The van der Waals surface area contributed by atoms with Crippen molar-refractivity contribution in [2.24, 2.45) is 10.9 Å². The van der Waals surface area contributed by atoms with Crippen molar-refractivity contribution in [1.82, 2.24) is 10.4 Å². The van der Waals surface area contributed by atoms with E-state index in [9.17, 15) is 4.79 Å². The van der Waals surface area contributed by atoms with Gasteiger partial charge in [-0.1, -0.05) is 53.9 Å². The molecule has 2 aliphatic heterocycles. The van der Waals surface area contributed by atoms with E-state index in [2.05, 4.69) is 17.6 Å². The van der Waals surface area contributed by atoms with Gasteiger partial charge in [0.15, 0.2) is 0 Å². The highest BCUT2D eigenvalue weighted by molar-refractivity contribution is 8.00. The number of hydrogen-bond donors (Lipinski definition) is 1. The number of piperidine rings is 1. The van der Waals surface area contributed by atoms with Crippen molar-refractivity contribution in [3.8, 4) is 0 Å². The van der Waals surface area contributed by atoms with E-state index in [1.165, 1.54) is 6.42 Å². The van der Waals surface area contributed by atoms with Crippen LogP contribution in [0.15, 0.2) is 75.6 Å². The zero-order valence-electron chi connectivity index (χ0n) is 17.4. The van der Waals surface area contributed by atoms with Gasteiger partial charge in [-0.05, 0) is 54.8 Å². The van der Waals surface area contributed by atoms with Gasteiger partial charge in [-0.15, -0.1) is 11.8 Å². The van der Waals surface area contributed by atoms with Crippen molar-refractivity contribution in [1.29, 1.82) is 0 Å². The second-order valence-corrected chi connectivity index (χ2v) is 10.3. The van der Waals surface area contributed by atoms with E-state index in [0.29, 0.717) is 10.6 Å². The number of amides is 1. The van der Waals surface area contributed by atoms with Gasteiger partial charge in [0.1, 0.15) is 0 Å². The standard InChI is InChI=1S/C25H23Cl2N3OS/c26-18-7-4-16(5-8-18)24-20-10-9-19(27)15-23(20)32-22-11-6-17(14-21(22)28-24)25(31)29-30-12-2-1-3-13-30/h4-11,14-15,20,23H,1-3,12-13H2,(H,29,31). The molecule has 2 aromatic rings. The lowest BCUT2D eigenvalue weighted by Gasteiger charge is -2.26. The summed E-state index contributed by atoms with van der Waals surface area (Å²) >= 11 is 14.2. The Morgan fingerprint density at radius 2 is 1.84 bits per heavy atom. The van der Waals surface area contributed by atoms with Gasteiger partial charge in [0.05, 0.1) is 11.4 Å². The molecule has 0 radical (unpaired) electrons. The van der Waals surface area contributed by atoms with Gasteiger partial charge < -0.3 is 0 Å². The molecule has 32 heavy (non-hydrogen) atoms. The monoisotopic (exact) mass is 483 g/mol. The van der Waals surface area contributed by atoms with E-state index in [1.54, 1.807) is 11.8 Å². The molecule has 7 heteroatoms. The molecule has 1 N–H and O–H groups in total. The van der Waals surface area contributed by atoms with Gasteiger partial charge >= 0.3 is 0 Å². The summed E-state index contributed by atoms with van der Waals surface area (Å²) < 4.78 is 0. The largest absolute Gasteiger partial charge is 0.285 e. The zero-order valence-corrected chi connectivity index (χ0v) is 19.8. The smallest absolute Gasteiger partial charge is 0.265 e. The maximum Gasteiger partial charge on any atom is 0.265 e. The zero-order chi connectivity index (χ0) is 22.1. The molecular formula is C25H23Cl2N3OS. The van der Waals surface area contributed by atoms with E-state index in [-0.39, 0.29) is 17.1 Å². The Hall–Kier alpha value is -2.05. The third-order valence-electron chi connectivity index (χ3n) is 5.94. The second-order valence-electron chi connectivity index (χ2n) is 8.19. The lowest BCUT2D eigenvalue weighted by atomic mass is 9.90. The molecule has 164 valence electrons. The highest BCUT2D eigenvalue weighted by Crippen LogP contribution is 2.44. The van der Waals surface area contributed by atoms with E-state index in [1.807, 2.05) is 53.5 Å². The van der Waals surface area contributed by atoms with Gasteiger partial charge in [0.25, 0.3) is 5.91 Å². The number of thioether (sulfide) groups is 1. The van der Waals surface area contributed by atoms with Gasteiger partial charge in [-0.3, -0.25) is 15.2 Å². The summed E-state index contributed by atoms with van der Waals surface area (Å²) in [5.74, 6) is -0.0193. The van der Waals surface area contributed by atoms with E-state index < -0.39 is 0 Å². The number of carbonyl (C=O) groups is 1. The predicted molar refractivity (Wildman–Crippen MR) is 133 cm³/mol. The van der Waals surface area contributed by atoms with Gasteiger partial charge in [0, 0.05) is 44.8 Å². The van der Waals surface area contributed by atoms with Crippen LogP contribution >= 0.6 is 35.0 Å². The third-order valence-corrected chi connectivity index (χ3v) is 7.74. The summed E-state index contributed by atoms with van der Waals surface area (Å²) in [5, 5.41) is 3.56. The number of nitrogens with zero attached hydrogens (tertiary/aromatic N) is 2. The second kappa shape index (κ2) is 9.44.